The van der Waals surface area contributed by atoms with Crippen molar-refractivity contribution in [3.8, 4) is 5.75 Å². The number of amidine groups is 1. The first-order valence-electron chi connectivity index (χ1n) is 11.4. The number of benzene rings is 2. The van der Waals surface area contributed by atoms with Crippen molar-refractivity contribution in [2.45, 2.75) is 19.8 Å². The fourth-order valence-electron chi connectivity index (χ4n) is 3.80. The SMILES string of the molecule is COc1cccc(N2C(=O)/C(=C\c3ccc(C(C)C)cc3)N=C2SCCN2CCOCC2)c1. The summed E-state index contributed by atoms with van der Waals surface area (Å²) in [6.07, 6.45) is 1.87. The van der Waals surface area contributed by atoms with Crippen molar-refractivity contribution in [3.63, 3.8) is 0 Å². The van der Waals surface area contributed by atoms with Crippen molar-refractivity contribution in [1.82, 2.24) is 4.90 Å². The molecule has 7 heteroatoms. The second-order valence-electron chi connectivity index (χ2n) is 8.39. The molecule has 174 valence electrons. The third-order valence-electron chi connectivity index (χ3n) is 5.79. The van der Waals surface area contributed by atoms with Gasteiger partial charge in [-0.2, -0.15) is 0 Å². The van der Waals surface area contributed by atoms with Crippen molar-refractivity contribution in [2.75, 3.05) is 50.6 Å². The normalized spacial score (nSPS) is 18.3. The number of amides is 1. The van der Waals surface area contributed by atoms with E-state index >= 15 is 0 Å². The molecule has 0 unspecified atom stereocenters. The number of hydrogen-bond donors (Lipinski definition) is 0. The summed E-state index contributed by atoms with van der Waals surface area (Å²) >= 11 is 1.61. The van der Waals surface area contributed by atoms with Crippen molar-refractivity contribution in [2.24, 2.45) is 4.99 Å². The summed E-state index contributed by atoms with van der Waals surface area (Å²) in [6.45, 7) is 8.73. The third-order valence-corrected chi connectivity index (χ3v) is 6.71. The first-order valence-corrected chi connectivity index (χ1v) is 12.4. The maximum atomic E-state index is 13.4. The maximum Gasteiger partial charge on any atom is 0.283 e. The Bertz CT molecular complexity index is 1030. The summed E-state index contributed by atoms with van der Waals surface area (Å²) in [4.78, 5) is 22.3. The molecule has 0 bridgehead atoms. The molecule has 1 saturated heterocycles. The number of hydrogen-bond acceptors (Lipinski definition) is 6. The van der Waals surface area contributed by atoms with Crippen LogP contribution in [0.1, 0.15) is 30.9 Å². The van der Waals surface area contributed by atoms with E-state index in [1.165, 1.54) is 5.56 Å². The molecule has 2 aliphatic rings. The number of thioether (sulfide) groups is 1. The van der Waals surface area contributed by atoms with Gasteiger partial charge in [0.05, 0.1) is 26.0 Å². The fourth-order valence-corrected chi connectivity index (χ4v) is 4.81. The Labute approximate surface area is 200 Å². The molecule has 0 aliphatic carbocycles. The van der Waals surface area contributed by atoms with Crippen LogP contribution in [0.25, 0.3) is 6.08 Å². The van der Waals surface area contributed by atoms with Gasteiger partial charge in [-0.25, -0.2) is 4.99 Å². The standard InChI is InChI=1S/C26H31N3O3S/c1-19(2)21-9-7-20(8-10-21)17-24-25(30)29(22-5-4-6-23(18-22)31-3)26(27-24)33-16-13-28-11-14-32-15-12-28/h4-10,17-19H,11-16H2,1-3H3/b24-17+. The lowest BCUT2D eigenvalue weighted by atomic mass is 10.0. The van der Waals surface area contributed by atoms with Crippen LogP contribution < -0.4 is 9.64 Å². The molecular formula is C26H31N3O3S. The number of carbonyl (C=O) groups excluding carboxylic acids is 1. The molecule has 4 rings (SSSR count). The number of rotatable bonds is 7. The molecule has 0 saturated carbocycles. The summed E-state index contributed by atoms with van der Waals surface area (Å²) in [5.74, 6) is 1.91. The summed E-state index contributed by atoms with van der Waals surface area (Å²) in [6, 6.07) is 15.9. The Kier molecular flexibility index (Phi) is 7.85. The topological polar surface area (TPSA) is 54.4 Å². The molecule has 6 nitrogen and oxygen atoms in total. The zero-order valence-electron chi connectivity index (χ0n) is 19.5. The molecule has 0 spiro atoms. The Balaban J connectivity index is 1.57. The molecule has 1 fully saturated rings. The molecule has 0 atom stereocenters. The van der Waals surface area contributed by atoms with E-state index in [2.05, 4.69) is 30.9 Å². The van der Waals surface area contributed by atoms with Gasteiger partial charge in [-0.3, -0.25) is 14.6 Å². The minimum atomic E-state index is -0.120. The second kappa shape index (κ2) is 11.0. The average Bonchev–Trinajstić information content (AvgIpc) is 3.14. The van der Waals surface area contributed by atoms with Crippen LogP contribution in [-0.4, -0.2) is 61.7 Å². The fraction of sp³-hybridized carbons (Fsp3) is 0.385. The van der Waals surface area contributed by atoms with E-state index in [0.29, 0.717) is 22.5 Å². The minimum Gasteiger partial charge on any atom is -0.497 e. The lowest BCUT2D eigenvalue weighted by Gasteiger charge is -2.26. The highest BCUT2D eigenvalue weighted by Crippen LogP contribution is 2.31. The Morgan fingerprint density at radius 1 is 1.15 bits per heavy atom. The first kappa shape index (κ1) is 23.5. The van der Waals surface area contributed by atoms with Gasteiger partial charge in [-0.1, -0.05) is 55.9 Å². The van der Waals surface area contributed by atoms with Crippen molar-refractivity contribution in [3.05, 3.63) is 65.4 Å². The molecule has 1 amide bonds. The summed E-state index contributed by atoms with van der Waals surface area (Å²) in [7, 11) is 1.63. The number of anilines is 1. The van der Waals surface area contributed by atoms with E-state index in [1.54, 1.807) is 23.8 Å². The Morgan fingerprint density at radius 3 is 2.61 bits per heavy atom. The van der Waals surface area contributed by atoms with Crippen molar-refractivity contribution in [1.29, 1.82) is 0 Å². The van der Waals surface area contributed by atoms with Gasteiger partial charge in [0.15, 0.2) is 5.17 Å². The summed E-state index contributed by atoms with van der Waals surface area (Å²) < 4.78 is 10.8. The maximum absolute atomic E-state index is 13.4. The van der Waals surface area contributed by atoms with Crippen LogP contribution in [-0.2, 0) is 9.53 Å². The highest BCUT2D eigenvalue weighted by Gasteiger charge is 2.32. The van der Waals surface area contributed by atoms with Crippen LogP contribution in [0, 0.1) is 0 Å². The summed E-state index contributed by atoms with van der Waals surface area (Å²) in [5, 5.41) is 0.701. The van der Waals surface area contributed by atoms with Crippen molar-refractivity contribution < 1.29 is 14.3 Å². The van der Waals surface area contributed by atoms with Gasteiger partial charge in [-0.15, -0.1) is 0 Å². The zero-order valence-corrected chi connectivity index (χ0v) is 20.3. The molecule has 2 aromatic rings. The molecule has 2 aliphatic heterocycles. The lowest BCUT2D eigenvalue weighted by molar-refractivity contribution is -0.113. The van der Waals surface area contributed by atoms with E-state index < -0.39 is 0 Å². The largest absolute Gasteiger partial charge is 0.497 e. The Hall–Kier alpha value is -2.61. The van der Waals surface area contributed by atoms with Crippen LogP contribution >= 0.6 is 11.8 Å². The second-order valence-corrected chi connectivity index (χ2v) is 9.45. The van der Waals surface area contributed by atoms with Gasteiger partial charge >= 0.3 is 0 Å². The monoisotopic (exact) mass is 465 g/mol. The highest BCUT2D eigenvalue weighted by atomic mass is 32.2. The smallest absolute Gasteiger partial charge is 0.283 e. The van der Waals surface area contributed by atoms with Gasteiger partial charge in [0.1, 0.15) is 11.4 Å². The average molecular weight is 466 g/mol. The van der Waals surface area contributed by atoms with Gasteiger partial charge in [0, 0.05) is 31.5 Å². The molecule has 2 aromatic carbocycles. The number of morpholine rings is 1. The first-order chi connectivity index (χ1) is 16.0. The highest BCUT2D eigenvalue weighted by molar-refractivity contribution is 8.14. The number of ether oxygens (including phenoxy) is 2. The third kappa shape index (κ3) is 5.85. The number of carbonyl (C=O) groups is 1. The molecular weight excluding hydrogens is 434 g/mol. The minimum absolute atomic E-state index is 0.120. The predicted molar refractivity (Wildman–Crippen MR) is 136 cm³/mol. The summed E-state index contributed by atoms with van der Waals surface area (Å²) in [5.41, 5.74) is 3.45. The van der Waals surface area contributed by atoms with Gasteiger partial charge in [0.25, 0.3) is 5.91 Å². The molecule has 0 radical (unpaired) electrons. The number of methoxy groups -OCH3 is 1. The van der Waals surface area contributed by atoms with Crippen LogP contribution in [0.2, 0.25) is 0 Å². The van der Waals surface area contributed by atoms with E-state index in [0.717, 1.165) is 49.9 Å². The number of nitrogens with zero attached hydrogens (tertiary/aromatic N) is 3. The van der Waals surface area contributed by atoms with Gasteiger partial charge in [0.2, 0.25) is 0 Å². The quantitative estimate of drug-likeness (QED) is 0.558. The molecule has 2 heterocycles. The zero-order chi connectivity index (χ0) is 23.2. The molecule has 0 aromatic heterocycles. The van der Waals surface area contributed by atoms with E-state index in [1.807, 2.05) is 42.5 Å². The Morgan fingerprint density at radius 2 is 1.91 bits per heavy atom. The lowest BCUT2D eigenvalue weighted by Crippen LogP contribution is -2.38. The molecule has 33 heavy (non-hydrogen) atoms. The van der Waals surface area contributed by atoms with Gasteiger partial charge < -0.3 is 9.47 Å². The predicted octanol–water partition coefficient (Wildman–Crippen LogP) is 4.63. The van der Waals surface area contributed by atoms with Crippen LogP contribution in [0.4, 0.5) is 5.69 Å². The van der Waals surface area contributed by atoms with E-state index in [4.69, 9.17) is 14.5 Å². The van der Waals surface area contributed by atoms with Crippen molar-refractivity contribution >= 4 is 34.6 Å². The van der Waals surface area contributed by atoms with Gasteiger partial charge in [-0.05, 0) is 35.3 Å². The number of aliphatic imine (C=N–C) groups is 1. The van der Waals surface area contributed by atoms with E-state index in [9.17, 15) is 4.79 Å². The van der Waals surface area contributed by atoms with Crippen LogP contribution in [0.3, 0.4) is 0 Å². The molecule has 0 N–H and O–H groups in total. The van der Waals surface area contributed by atoms with Crippen LogP contribution in [0.5, 0.6) is 5.75 Å². The van der Waals surface area contributed by atoms with E-state index in [-0.39, 0.29) is 5.91 Å². The van der Waals surface area contributed by atoms with Crippen LogP contribution in [0.15, 0.2) is 59.2 Å².